The molecule has 0 aliphatic rings. The van der Waals surface area contributed by atoms with Crippen molar-refractivity contribution in [3.8, 4) is 0 Å². The Morgan fingerprint density at radius 2 is 1.82 bits per heavy atom. The molecule has 6 N–H and O–H groups in total. The molecule has 0 aliphatic carbocycles. The summed E-state index contributed by atoms with van der Waals surface area (Å²) in [6.45, 7) is 6.45. The minimum atomic E-state index is -4.01. The van der Waals surface area contributed by atoms with Gasteiger partial charge in [0.1, 0.15) is 11.6 Å². The number of ether oxygens (including phenoxy) is 1. The number of nitrogens with one attached hydrogen (secondary N) is 1. The lowest BCUT2D eigenvalue weighted by Crippen LogP contribution is -2.73. The highest BCUT2D eigenvalue weighted by Crippen LogP contribution is 2.13. The van der Waals surface area contributed by atoms with E-state index < -0.39 is 39.3 Å². The summed E-state index contributed by atoms with van der Waals surface area (Å²) in [6, 6.07) is -1.90. The Hall–Kier alpha value is -1.23. The summed E-state index contributed by atoms with van der Waals surface area (Å²) in [6.07, 6.45) is 0.899. The fraction of sp³-hybridized carbons (Fsp3) is 0.833. The molecule has 9 nitrogen and oxygen atoms in total. The number of unbranched alkanes of at least 4 members (excludes halogenated alkanes) is 1. The Morgan fingerprint density at radius 3 is 2.18 bits per heavy atom. The summed E-state index contributed by atoms with van der Waals surface area (Å²) >= 11 is 0. The second kappa shape index (κ2) is 7.36. The highest BCUT2D eigenvalue weighted by molar-refractivity contribution is 7.89. The molecule has 0 radical (unpaired) electrons. The van der Waals surface area contributed by atoms with Crippen molar-refractivity contribution in [1.82, 2.24) is 4.72 Å². The number of esters is 1. The molecule has 0 aliphatic heterocycles. The molecule has 10 heteroatoms. The van der Waals surface area contributed by atoms with Gasteiger partial charge >= 0.3 is 11.9 Å². The molecule has 0 unspecified atom stereocenters. The van der Waals surface area contributed by atoms with E-state index in [0.717, 1.165) is 0 Å². The summed E-state index contributed by atoms with van der Waals surface area (Å²) < 4.78 is 30.5. The van der Waals surface area contributed by atoms with Crippen LogP contribution >= 0.6 is 0 Å². The van der Waals surface area contributed by atoms with Crippen molar-refractivity contribution in [2.45, 2.75) is 57.8 Å². The van der Waals surface area contributed by atoms with Crippen LogP contribution in [0.15, 0.2) is 0 Å². The number of carbonyl (C=O) groups excluding carboxylic acids is 1. The molecule has 0 fully saturated rings. The lowest BCUT2D eigenvalue weighted by molar-refractivity contribution is -0.163. The van der Waals surface area contributed by atoms with Gasteiger partial charge in [0.15, 0.2) is 0 Å². The molecule has 0 aromatic rings. The van der Waals surface area contributed by atoms with Gasteiger partial charge in [0.05, 0.1) is 5.75 Å². The van der Waals surface area contributed by atoms with Crippen LogP contribution in [0.25, 0.3) is 0 Å². The number of sulfonamides is 1. The smallest absolute Gasteiger partial charge is 0.342 e. The van der Waals surface area contributed by atoms with Gasteiger partial charge < -0.3 is 21.3 Å². The van der Waals surface area contributed by atoms with Crippen LogP contribution in [-0.4, -0.2) is 48.5 Å². The molecule has 0 aromatic carbocycles. The topological polar surface area (TPSA) is 162 Å². The molecule has 0 aromatic heterocycles. The molecular formula is C12H25N3O6S. The first-order valence-electron chi connectivity index (χ1n) is 6.77. The SMILES string of the molecule is CCCCS(=O)(=O)N[C@@](N)(C(=O)O)[C@H](N)C(=O)OC(C)(C)C. The van der Waals surface area contributed by atoms with Crippen molar-refractivity contribution in [3.05, 3.63) is 0 Å². The van der Waals surface area contributed by atoms with E-state index in [1.807, 2.05) is 0 Å². The monoisotopic (exact) mass is 339 g/mol. The summed E-state index contributed by atoms with van der Waals surface area (Å²) in [5.41, 5.74) is 7.47. The number of nitrogens with two attached hydrogens (primary N) is 2. The third-order valence-electron chi connectivity index (χ3n) is 2.60. The van der Waals surface area contributed by atoms with Crippen molar-refractivity contribution in [1.29, 1.82) is 0 Å². The normalized spacial score (nSPS) is 16.6. The van der Waals surface area contributed by atoms with Gasteiger partial charge in [-0.05, 0) is 27.2 Å². The first-order valence-corrected chi connectivity index (χ1v) is 8.42. The van der Waals surface area contributed by atoms with Gasteiger partial charge in [-0.2, -0.15) is 4.72 Å². The molecule has 0 saturated carbocycles. The fourth-order valence-electron chi connectivity index (χ4n) is 1.43. The highest BCUT2D eigenvalue weighted by atomic mass is 32.2. The Balaban J connectivity index is 5.34. The summed E-state index contributed by atoms with van der Waals surface area (Å²) in [7, 11) is -4.01. The fourth-order valence-corrected chi connectivity index (χ4v) is 2.93. The summed E-state index contributed by atoms with van der Waals surface area (Å²) in [4.78, 5) is 23.2. The Labute approximate surface area is 130 Å². The zero-order chi connectivity index (χ0) is 17.8. The van der Waals surface area contributed by atoms with Gasteiger partial charge in [0.25, 0.3) is 0 Å². The standard InChI is InChI=1S/C12H25N3O6S/c1-5-6-7-22(19,20)15-12(14,10(17)18)8(13)9(16)21-11(2,3)4/h8,15H,5-7,13-14H2,1-4H3,(H,17,18)/t8-,12-/m1/s1. The number of hydrogen-bond donors (Lipinski definition) is 4. The van der Waals surface area contributed by atoms with E-state index in [9.17, 15) is 23.1 Å². The maximum Gasteiger partial charge on any atom is 0.342 e. The Kier molecular flexibility index (Phi) is 6.95. The van der Waals surface area contributed by atoms with Crippen LogP contribution in [0.5, 0.6) is 0 Å². The van der Waals surface area contributed by atoms with Crippen molar-refractivity contribution >= 4 is 22.0 Å². The zero-order valence-corrected chi connectivity index (χ0v) is 14.1. The first-order chi connectivity index (χ1) is 9.75. The molecule has 130 valence electrons. The van der Waals surface area contributed by atoms with Crippen LogP contribution in [0.4, 0.5) is 0 Å². The van der Waals surface area contributed by atoms with Crippen LogP contribution in [0.2, 0.25) is 0 Å². The molecule has 22 heavy (non-hydrogen) atoms. The van der Waals surface area contributed by atoms with Gasteiger partial charge in [-0.25, -0.2) is 13.2 Å². The van der Waals surface area contributed by atoms with Crippen LogP contribution < -0.4 is 16.2 Å². The molecule has 2 atom stereocenters. The molecular weight excluding hydrogens is 314 g/mol. The number of carboxylic acid groups (broad SMARTS) is 1. The van der Waals surface area contributed by atoms with Gasteiger partial charge in [0.2, 0.25) is 15.7 Å². The lowest BCUT2D eigenvalue weighted by atomic mass is 10.0. The van der Waals surface area contributed by atoms with E-state index in [4.69, 9.17) is 16.2 Å². The third kappa shape index (κ3) is 6.26. The quantitative estimate of drug-likeness (QED) is 0.327. The van der Waals surface area contributed by atoms with Gasteiger partial charge in [-0.3, -0.25) is 4.79 Å². The third-order valence-corrected chi connectivity index (χ3v) is 4.07. The van der Waals surface area contributed by atoms with Crippen molar-refractivity contribution in [3.63, 3.8) is 0 Å². The number of rotatable bonds is 8. The maximum absolute atomic E-state index is 11.9. The number of hydrogen-bond acceptors (Lipinski definition) is 7. The summed E-state index contributed by atoms with van der Waals surface area (Å²) in [5.74, 6) is -3.21. The van der Waals surface area contributed by atoms with E-state index in [2.05, 4.69) is 0 Å². The molecule has 0 bridgehead atoms. The predicted molar refractivity (Wildman–Crippen MR) is 80.2 cm³/mol. The minimum absolute atomic E-state index is 0.312. The number of carbonyl (C=O) groups is 2. The Morgan fingerprint density at radius 1 is 1.32 bits per heavy atom. The first kappa shape index (κ1) is 20.8. The van der Waals surface area contributed by atoms with Crippen LogP contribution in [-0.2, 0) is 24.3 Å². The lowest BCUT2D eigenvalue weighted by Gasteiger charge is -2.32. The Bertz CT molecular complexity index is 513. The van der Waals surface area contributed by atoms with Gasteiger partial charge in [-0.1, -0.05) is 13.3 Å². The van der Waals surface area contributed by atoms with E-state index in [1.54, 1.807) is 32.4 Å². The van der Waals surface area contributed by atoms with E-state index in [-0.39, 0.29) is 5.75 Å². The van der Waals surface area contributed by atoms with E-state index >= 15 is 0 Å². The van der Waals surface area contributed by atoms with Crippen molar-refractivity contribution in [2.24, 2.45) is 11.5 Å². The number of aliphatic carboxylic acids is 1. The second-order valence-electron chi connectivity index (χ2n) is 5.96. The largest absolute Gasteiger partial charge is 0.479 e. The molecule has 0 saturated heterocycles. The highest BCUT2D eigenvalue weighted by Gasteiger charge is 2.48. The minimum Gasteiger partial charge on any atom is -0.479 e. The van der Waals surface area contributed by atoms with E-state index in [1.165, 1.54) is 0 Å². The van der Waals surface area contributed by atoms with E-state index in [0.29, 0.717) is 12.8 Å². The molecule has 0 rings (SSSR count). The van der Waals surface area contributed by atoms with Gasteiger partial charge in [-0.15, -0.1) is 0 Å². The van der Waals surface area contributed by atoms with Crippen molar-refractivity contribution in [2.75, 3.05) is 5.75 Å². The van der Waals surface area contributed by atoms with Crippen LogP contribution in [0.1, 0.15) is 40.5 Å². The zero-order valence-electron chi connectivity index (χ0n) is 13.3. The van der Waals surface area contributed by atoms with Crippen LogP contribution in [0, 0.1) is 0 Å². The van der Waals surface area contributed by atoms with Gasteiger partial charge in [0, 0.05) is 0 Å². The van der Waals surface area contributed by atoms with Crippen LogP contribution in [0.3, 0.4) is 0 Å². The summed E-state index contributed by atoms with van der Waals surface area (Å²) in [5, 5.41) is 9.20. The average molecular weight is 339 g/mol. The molecule has 0 heterocycles. The molecule has 0 amide bonds. The predicted octanol–water partition coefficient (Wildman–Crippen LogP) is -0.885. The second-order valence-corrected chi connectivity index (χ2v) is 7.80. The maximum atomic E-state index is 11.9. The van der Waals surface area contributed by atoms with Crippen molar-refractivity contribution < 1.29 is 27.9 Å². The average Bonchev–Trinajstić information content (AvgIpc) is 2.32. The number of carboxylic acids is 1. The molecule has 0 spiro atoms.